The van der Waals surface area contributed by atoms with Gasteiger partial charge in [0.15, 0.2) is 28.5 Å². The van der Waals surface area contributed by atoms with Crippen LogP contribution in [0.3, 0.4) is 0 Å². The average Bonchev–Trinajstić information content (AvgIpc) is 3.73. The molecule has 4 aromatic carbocycles. The number of aromatic amines is 1. The third kappa shape index (κ3) is 3.88. The monoisotopic (exact) mass is 552 g/mol. The lowest BCUT2D eigenvalue weighted by Crippen LogP contribution is -2.06. The summed E-state index contributed by atoms with van der Waals surface area (Å²) in [5, 5.41) is 19.9. The smallest absolute Gasteiger partial charge is 0.194 e. The molecule has 4 aromatic heterocycles. The van der Waals surface area contributed by atoms with Gasteiger partial charge in [0.2, 0.25) is 0 Å². The van der Waals surface area contributed by atoms with Crippen molar-refractivity contribution in [3.8, 4) is 34.0 Å². The normalized spacial score (nSPS) is 11.6. The van der Waals surface area contributed by atoms with Crippen LogP contribution in [0.5, 0.6) is 0 Å². The highest BCUT2D eigenvalue weighted by Crippen LogP contribution is 2.40. The number of hydrogen-bond donors (Lipinski definition) is 1. The van der Waals surface area contributed by atoms with Crippen LogP contribution in [0.25, 0.3) is 61.7 Å². The summed E-state index contributed by atoms with van der Waals surface area (Å²) in [6.07, 6.45) is 0. The van der Waals surface area contributed by atoms with E-state index in [1.165, 1.54) is 0 Å². The topological polar surface area (TPSA) is 89.6 Å². The van der Waals surface area contributed by atoms with Crippen molar-refractivity contribution in [1.29, 1.82) is 0 Å². The number of nitrogens with zero attached hydrogens (tertiary/aromatic N) is 7. The van der Waals surface area contributed by atoms with Gasteiger partial charge in [-0.2, -0.15) is 0 Å². The lowest BCUT2D eigenvalue weighted by atomic mass is 10.0. The maximum atomic E-state index is 6.50. The molecule has 196 valence electrons. The van der Waals surface area contributed by atoms with E-state index >= 15 is 0 Å². The Hall–Kier alpha value is -5.34. The maximum absolute atomic E-state index is 6.50. The zero-order valence-electron chi connectivity index (χ0n) is 21.6. The summed E-state index contributed by atoms with van der Waals surface area (Å²) in [6, 6.07) is 36.2. The number of nitrogens with one attached hydrogen (secondary N) is 1. The van der Waals surface area contributed by atoms with Gasteiger partial charge in [-0.05, 0) is 29.3 Å². The van der Waals surface area contributed by atoms with Crippen LogP contribution in [-0.4, -0.2) is 39.6 Å². The first-order valence-corrected chi connectivity index (χ1v) is 13.6. The van der Waals surface area contributed by atoms with E-state index in [1.54, 1.807) is 0 Å². The summed E-state index contributed by atoms with van der Waals surface area (Å²) < 4.78 is 3.78. The van der Waals surface area contributed by atoms with E-state index in [9.17, 15) is 0 Å². The Balaban J connectivity index is 1.48. The van der Waals surface area contributed by atoms with Crippen molar-refractivity contribution in [2.75, 3.05) is 0 Å². The van der Waals surface area contributed by atoms with Crippen LogP contribution in [0.2, 0.25) is 5.02 Å². The molecule has 0 spiro atoms. The minimum absolute atomic E-state index is 0.521. The molecule has 0 saturated heterocycles. The van der Waals surface area contributed by atoms with Crippen molar-refractivity contribution in [3.63, 3.8) is 0 Å². The van der Waals surface area contributed by atoms with Crippen molar-refractivity contribution in [2.45, 2.75) is 6.54 Å². The van der Waals surface area contributed by atoms with E-state index in [2.05, 4.69) is 49.8 Å². The number of aromatic nitrogens is 8. The van der Waals surface area contributed by atoms with Crippen LogP contribution < -0.4 is 0 Å². The average molecular weight is 553 g/mol. The fourth-order valence-electron chi connectivity index (χ4n) is 5.39. The van der Waals surface area contributed by atoms with E-state index in [-0.39, 0.29) is 0 Å². The Bertz CT molecular complexity index is 2180. The Morgan fingerprint density at radius 3 is 2.15 bits per heavy atom. The molecule has 0 aliphatic rings. The van der Waals surface area contributed by atoms with Crippen molar-refractivity contribution < 1.29 is 0 Å². The van der Waals surface area contributed by atoms with Gasteiger partial charge in [-0.1, -0.05) is 108 Å². The lowest BCUT2D eigenvalue weighted by Gasteiger charge is -2.10. The fraction of sp³-hybridized carbons (Fsp3) is 0.0312. The van der Waals surface area contributed by atoms with Crippen LogP contribution in [0.15, 0.2) is 109 Å². The molecule has 0 radical (unpaired) electrons. The SMILES string of the molecule is Clc1ccc2[nH]c(-c3nc4c(nnn4Cc4ccccc4)c4nnc(-c5ccccc5)n34)c(-c3ccccc3)c2c1. The zero-order chi connectivity index (χ0) is 27.3. The molecule has 9 heteroatoms. The molecule has 1 N–H and O–H groups in total. The molecule has 0 unspecified atom stereocenters. The maximum Gasteiger partial charge on any atom is 0.194 e. The minimum Gasteiger partial charge on any atom is -0.351 e. The summed E-state index contributed by atoms with van der Waals surface area (Å²) >= 11 is 6.50. The van der Waals surface area contributed by atoms with Crippen LogP contribution in [-0.2, 0) is 6.54 Å². The molecule has 0 fully saturated rings. The predicted octanol–water partition coefficient (Wildman–Crippen LogP) is 7.05. The van der Waals surface area contributed by atoms with E-state index in [0.717, 1.165) is 38.9 Å². The number of fused-ring (bicyclic) bond motifs is 4. The van der Waals surface area contributed by atoms with Crippen molar-refractivity contribution in [1.82, 2.24) is 39.6 Å². The highest BCUT2D eigenvalue weighted by atomic mass is 35.5. The largest absolute Gasteiger partial charge is 0.351 e. The summed E-state index contributed by atoms with van der Waals surface area (Å²) in [5.41, 5.74) is 7.60. The number of rotatable bonds is 5. The molecular formula is C32H21ClN8. The number of H-pyrrole nitrogens is 1. The van der Waals surface area contributed by atoms with Crippen LogP contribution in [0, 0.1) is 0 Å². The first kappa shape index (κ1) is 23.5. The quantitative estimate of drug-likeness (QED) is 0.247. The molecule has 0 saturated carbocycles. The third-order valence-corrected chi connectivity index (χ3v) is 7.50. The summed E-state index contributed by atoms with van der Waals surface area (Å²) in [6.45, 7) is 0.521. The molecule has 41 heavy (non-hydrogen) atoms. The second-order valence-electron chi connectivity index (χ2n) is 9.82. The first-order valence-electron chi connectivity index (χ1n) is 13.2. The van der Waals surface area contributed by atoms with E-state index < -0.39 is 0 Å². The van der Waals surface area contributed by atoms with Gasteiger partial charge in [-0.25, -0.2) is 9.67 Å². The molecule has 0 aliphatic carbocycles. The summed E-state index contributed by atoms with van der Waals surface area (Å²) in [4.78, 5) is 8.89. The van der Waals surface area contributed by atoms with Crippen LogP contribution in [0.1, 0.15) is 5.56 Å². The zero-order valence-corrected chi connectivity index (χ0v) is 22.4. The van der Waals surface area contributed by atoms with Gasteiger partial charge in [-0.15, -0.1) is 15.3 Å². The molecule has 4 heterocycles. The Morgan fingerprint density at radius 1 is 0.683 bits per heavy atom. The molecular weight excluding hydrogens is 532 g/mol. The minimum atomic E-state index is 0.521. The highest BCUT2D eigenvalue weighted by Gasteiger charge is 2.25. The standard InChI is InChI=1S/C32H21ClN8/c33-23-16-17-25-24(18-23)26(21-12-6-2-7-13-21)27(34-25)31-35-30-28(36-39-40(30)19-20-10-4-1-5-11-20)32-38-37-29(41(31)32)22-14-8-3-9-15-22/h1-18,34H,19H2. The molecule has 0 bridgehead atoms. The Morgan fingerprint density at radius 2 is 1.39 bits per heavy atom. The van der Waals surface area contributed by atoms with Gasteiger partial charge < -0.3 is 4.98 Å². The van der Waals surface area contributed by atoms with Gasteiger partial charge in [0.1, 0.15) is 0 Å². The molecule has 0 atom stereocenters. The van der Waals surface area contributed by atoms with Gasteiger partial charge >= 0.3 is 0 Å². The van der Waals surface area contributed by atoms with Crippen molar-refractivity contribution in [2.24, 2.45) is 0 Å². The second kappa shape index (κ2) is 9.39. The molecule has 0 amide bonds. The second-order valence-corrected chi connectivity index (χ2v) is 10.3. The van der Waals surface area contributed by atoms with Crippen molar-refractivity contribution >= 4 is 39.3 Å². The Kier molecular flexibility index (Phi) is 5.39. The van der Waals surface area contributed by atoms with Crippen molar-refractivity contribution in [3.05, 3.63) is 120 Å². The molecule has 0 aliphatic heterocycles. The van der Waals surface area contributed by atoms with E-state index in [1.807, 2.05) is 94.0 Å². The first-order chi connectivity index (χ1) is 20.2. The Labute approximate surface area is 238 Å². The van der Waals surface area contributed by atoms with Crippen LogP contribution in [0.4, 0.5) is 0 Å². The summed E-state index contributed by atoms with van der Waals surface area (Å²) in [5.74, 6) is 1.32. The molecule has 8 rings (SSSR count). The van der Waals surface area contributed by atoms with Gasteiger partial charge in [0.25, 0.3) is 0 Å². The van der Waals surface area contributed by atoms with Crippen LogP contribution >= 0.6 is 11.6 Å². The number of benzene rings is 4. The highest BCUT2D eigenvalue weighted by molar-refractivity contribution is 6.31. The fourth-order valence-corrected chi connectivity index (χ4v) is 5.57. The lowest BCUT2D eigenvalue weighted by molar-refractivity contribution is 0.664. The molecule has 8 aromatic rings. The predicted molar refractivity (Wildman–Crippen MR) is 161 cm³/mol. The number of hydrogen-bond acceptors (Lipinski definition) is 5. The summed E-state index contributed by atoms with van der Waals surface area (Å²) in [7, 11) is 0. The van der Waals surface area contributed by atoms with E-state index in [4.69, 9.17) is 16.6 Å². The third-order valence-electron chi connectivity index (χ3n) is 7.26. The number of halogens is 1. The van der Waals surface area contributed by atoms with Gasteiger partial charge in [0, 0.05) is 27.1 Å². The van der Waals surface area contributed by atoms with E-state index in [0.29, 0.717) is 40.0 Å². The van der Waals surface area contributed by atoms with Gasteiger partial charge in [0.05, 0.1) is 12.2 Å². The molecule has 8 nitrogen and oxygen atoms in total. The van der Waals surface area contributed by atoms with Gasteiger partial charge in [-0.3, -0.25) is 4.40 Å².